The largest absolute Gasteiger partial charge is 0.542 e. The third-order valence-corrected chi connectivity index (χ3v) is 5.61. The zero-order valence-corrected chi connectivity index (χ0v) is 16.3. The first-order valence-corrected chi connectivity index (χ1v) is 9.39. The van der Waals surface area contributed by atoms with Gasteiger partial charge in [-0.15, -0.1) is 0 Å². The number of piperazine rings is 3. The number of alkyl halides is 6. The molecule has 0 bridgehead atoms. The minimum atomic E-state index is -5.19. The summed E-state index contributed by atoms with van der Waals surface area (Å²) in [6, 6.07) is 0. The van der Waals surface area contributed by atoms with Crippen LogP contribution in [0.15, 0.2) is 0 Å². The molecule has 0 amide bonds. The van der Waals surface area contributed by atoms with Crippen LogP contribution in [0.4, 0.5) is 26.3 Å². The van der Waals surface area contributed by atoms with Gasteiger partial charge >= 0.3 is 12.4 Å². The molecule has 176 valence electrons. The smallest absolute Gasteiger partial charge is 0.430 e. The van der Waals surface area contributed by atoms with E-state index in [0.717, 1.165) is 0 Å². The number of aliphatic carboxylic acids is 2. The molecule has 0 aromatic heterocycles. The van der Waals surface area contributed by atoms with Gasteiger partial charge in [-0.25, -0.2) is 0 Å². The van der Waals surface area contributed by atoms with Crippen LogP contribution in [0, 0.1) is 0 Å². The molecule has 3 rings (SSSR count). The molecule has 3 saturated heterocycles. The average molecular weight is 452 g/mol. The lowest BCUT2D eigenvalue weighted by Crippen LogP contribution is -2.72. The summed E-state index contributed by atoms with van der Waals surface area (Å²) in [7, 11) is 0. The normalized spacial score (nSPS) is 22.9. The summed E-state index contributed by atoms with van der Waals surface area (Å²) in [6.45, 7) is 16.2. The van der Waals surface area contributed by atoms with Crippen LogP contribution in [-0.2, 0) is 9.59 Å². The van der Waals surface area contributed by atoms with E-state index in [1.807, 2.05) is 0 Å². The first-order valence-electron chi connectivity index (χ1n) is 9.39. The van der Waals surface area contributed by atoms with E-state index in [1.165, 1.54) is 87.5 Å². The molecule has 3 aliphatic rings. The Kier molecular flexibility index (Phi) is 9.32. The van der Waals surface area contributed by atoms with E-state index in [9.17, 15) is 26.3 Å². The fraction of sp³-hybridized carbons (Fsp3) is 0.875. The fourth-order valence-electron chi connectivity index (χ4n) is 3.71. The van der Waals surface area contributed by atoms with Crippen LogP contribution in [-0.4, -0.2) is 112 Å². The van der Waals surface area contributed by atoms with Gasteiger partial charge in [0.1, 0.15) is 38.1 Å². The molecule has 8 nitrogen and oxygen atoms in total. The van der Waals surface area contributed by atoms with Crippen molar-refractivity contribution >= 4 is 11.9 Å². The Balaban J connectivity index is 0.000000271. The highest BCUT2D eigenvalue weighted by molar-refractivity contribution is 5.71. The topological polar surface area (TPSA) is 104 Å². The van der Waals surface area contributed by atoms with Gasteiger partial charge in [0, 0.05) is 26.2 Å². The molecule has 0 aromatic rings. The first-order chi connectivity index (χ1) is 13.7. The van der Waals surface area contributed by atoms with E-state index in [-0.39, 0.29) is 0 Å². The highest BCUT2D eigenvalue weighted by atomic mass is 19.4. The lowest BCUT2D eigenvalue weighted by Gasteiger charge is -2.52. The summed E-state index contributed by atoms with van der Waals surface area (Å²) >= 11 is 0. The van der Waals surface area contributed by atoms with Crippen LogP contribution in [0.2, 0.25) is 0 Å². The average Bonchev–Trinajstić information content (AvgIpc) is 2.66. The van der Waals surface area contributed by atoms with Crippen LogP contribution in [0.3, 0.4) is 0 Å². The molecule has 14 heteroatoms. The predicted molar refractivity (Wildman–Crippen MR) is 87.3 cm³/mol. The number of rotatable bonds is 0. The summed E-state index contributed by atoms with van der Waals surface area (Å²) in [6.07, 6.45) is -10.4. The minimum absolute atomic E-state index is 1.24. The van der Waals surface area contributed by atoms with E-state index in [4.69, 9.17) is 19.8 Å². The van der Waals surface area contributed by atoms with Crippen LogP contribution >= 0.6 is 0 Å². The highest BCUT2D eigenvalue weighted by Crippen LogP contribution is 2.21. The second-order valence-corrected chi connectivity index (χ2v) is 7.54. The zero-order chi connectivity index (χ0) is 23.1. The Hall–Kier alpha value is -1.64. The molecule has 0 atom stereocenters. The number of hydrogen-bond acceptors (Lipinski definition) is 6. The second kappa shape index (κ2) is 10.6. The van der Waals surface area contributed by atoms with E-state index in [1.54, 1.807) is 0 Å². The number of quaternary nitrogens is 2. The van der Waals surface area contributed by atoms with Gasteiger partial charge in [0.15, 0.2) is 0 Å². The third kappa shape index (κ3) is 8.62. The van der Waals surface area contributed by atoms with Gasteiger partial charge in [-0.3, -0.25) is 0 Å². The molecule has 3 heterocycles. The number of nitrogens with zero attached hydrogens (tertiary/aromatic N) is 2. The monoisotopic (exact) mass is 452 g/mol. The maximum Gasteiger partial charge on any atom is 0.430 e. The molecule has 3 fully saturated rings. The Morgan fingerprint density at radius 2 is 0.767 bits per heavy atom. The molecule has 0 aliphatic carbocycles. The molecular formula is C16H26F6N4O4. The van der Waals surface area contributed by atoms with Crippen molar-refractivity contribution < 1.29 is 55.1 Å². The van der Waals surface area contributed by atoms with E-state index < -0.39 is 24.3 Å². The van der Waals surface area contributed by atoms with Crippen molar-refractivity contribution in [1.29, 1.82) is 0 Å². The third-order valence-electron chi connectivity index (χ3n) is 5.61. The minimum Gasteiger partial charge on any atom is -0.542 e. The molecule has 0 saturated carbocycles. The summed E-state index contributed by atoms with van der Waals surface area (Å²) in [5.74, 6) is -6.01. The molecular weight excluding hydrogens is 426 g/mol. The van der Waals surface area contributed by atoms with Crippen molar-refractivity contribution in [3.8, 4) is 0 Å². The van der Waals surface area contributed by atoms with Crippen LogP contribution in [0.1, 0.15) is 0 Å². The van der Waals surface area contributed by atoms with Crippen molar-refractivity contribution in [3.05, 3.63) is 0 Å². The van der Waals surface area contributed by atoms with Crippen molar-refractivity contribution in [2.24, 2.45) is 0 Å². The van der Waals surface area contributed by atoms with Gasteiger partial charge < -0.3 is 39.4 Å². The molecule has 30 heavy (non-hydrogen) atoms. The van der Waals surface area contributed by atoms with Crippen molar-refractivity contribution in [3.63, 3.8) is 0 Å². The van der Waals surface area contributed by atoms with Gasteiger partial charge in [-0.05, 0) is 0 Å². The van der Waals surface area contributed by atoms with E-state index in [0.29, 0.717) is 0 Å². The number of carboxylic acids is 2. The molecule has 2 N–H and O–H groups in total. The van der Waals surface area contributed by atoms with Crippen LogP contribution in [0.5, 0.6) is 0 Å². The van der Waals surface area contributed by atoms with Gasteiger partial charge in [-0.2, -0.15) is 26.3 Å². The summed E-state index contributed by atoms with van der Waals surface area (Å²) in [5, 5.41) is 24.6. The van der Waals surface area contributed by atoms with Crippen molar-refractivity contribution in [2.75, 3.05) is 78.5 Å². The summed E-state index contributed by atoms with van der Waals surface area (Å²) in [5.41, 5.74) is 0. The number of nitrogens with one attached hydrogen (secondary N) is 2. The quantitative estimate of drug-likeness (QED) is 0.310. The Bertz CT molecular complexity index is 511. The maximum absolute atomic E-state index is 10.5. The van der Waals surface area contributed by atoms with Gasteiger partial charge in [-0.1, -0.05) is 0 Å². The maximum atomic E-state index is 10.5. The number of halogens is 6. The SMILES string of the molecule is C1C[N+]2(CCN1)CC[N+]1(CCNCC1)CC2.O=C([O-])C(F)(F)F.O=C([O-])C(F)(F)F. The van der Waals surface area contributed by atoms with E-state index >= 15 is 0 Å². The summed E-state index contributed by atoms with van der Waals surface area (Å²) < 4.78 is 65.9. The molecule has 2 spiro atoms. The lowest BCUT2D eigenvalue weighted by molar-refractivity contribution is -1.03. The van der Waals surface area contributed by atoms with Gasteiger partial charge in [0.25, 0.3) is 0 Å². The predicted octanol–water partition coefficient (Wildman–Crippen LogP) is -2.56. The van der Waals surface area contributed by atoms with Crippen molar-refractivity contribution in [1.82, 2.24) is 10.6 Å². The Morgan fingerprint density at radius 1 is 0.567 bits per heavy atom. The molecule has 3 aliphatic heterocycles. The fourth-order valence-corrected chi connectivity index (χ4v) is 3.71. The Morgan fingerprint density at radius 3 is 0.933 bits per heavy atom. The van der Waals surface area contributed by atoms with Crippen molar-refractivity contribution in [2.45, 2.75) is 12.4 Å². The van der Waals surface area contributed by atoms with Crippen LogP contribution in [0.25, 0.3) is 0 Å². The number of hydrogen-bond donors (Lipinski definition) is 2. The molecule has 0 radical (unpaired) electrons. The number of carbonyl (C=O) groups is 2. The summed E-state index contributed by atoms with van der Waals surface area (Å²) in [4.78, 5) is 17.6. The zero-order valence-electron chi connectivity index (χ0n) is 16.3. The van der Waals surface area contributed by atoms with Crippen LogP contribution < -0.4 is 20.8 Å². The molecule has 0 unspecified atom stereocenters. The number of carboxylic acid groups (broad SMARTS) is 2. The standard InChI is InChI=1S/C12H26N4.2C2HF3O2/c1-5-15(6-2-13-1)9-11-16(12-10-15)7-3-14-4-8-16;2*3-2(4,5)1(6)7/h13-14H,1-12H2;2*(H,6,7)/q+2;;/p-2. The van der Waals surface area contributed by atoms with Gasteiger partial charge in [0.2, 0.25) is 0 Å². The Labute approximate surface area is 169 Å². The number of carbonyl (C=O) groups excluding carboxylic acids is 2. The first kappa shape index (κ1) is 26.4. The van der Waals surface area contributed by atoms with Gasteiger partial charge in [0.05, 0.1) is 26.2 Å². The lowest BCUT2D eigenvalue weighted by atomic mass is 10.1. The highest BCUT2D eigenvalue weighted by Gasteiger charge is 2.43. The van der Waals surface area contributed by atoms with E-state index in [2.05, 4.69) is 10.6 Å². The molecule has 0 aromatic carbocycles. The second-order valence-electron chi connectivity index (χ2n) is 7.54.